The molecule has 4 nitrogen and oxygen atoms in total. The van der Waals surface area contributed by atoms with Gasteiger partial charge in [0.25, 0.3) is 0 Å². The van der Waals surface area contributed by atoms with E-state index < -0.39 is 35.8 Å². The molecule has 0 unspecified atom stereocenters. The first-order valence-corrected chi connectivity index (χ1v) is 3.87. The zero-order valence-corrected chi connectivity index (χ0v) is 7.65. The monoisotopic (exact) mass is 253 g/mol. The summed E-state index contributed by atoms with van der Waals surface area (Å²) in [6, 6.07) is -10.3. The maximum absolute atomic E-state index is 12.8. The number of halogens is 6. The summed E-state index contributed by atoms with van der Waals surface area (Å²) in [6.07, 6.45) is -5.07. The maximum atomic E-state index is 12.8. The zero-order chi connectivity index (χ0) is 12.8. The fraction of sp³-hybridized carbons (Fsp3) is 0.833. The lowest BCUT2D eigenvalue weighted by molar-refractivity contribution is -0.626. The van der Waals surface area contributed by atoms with E-state index in [1.54, 1.807) is 0 Å². The molecule has 0 radical (unpaired) electrons. The molecule has 16 heavy (non-hydrogen) atoms. The summed E-state index contributed by atoms with van der Waals surface area (Å²) in [4.78, 5) is 13.4. The largest absolute Gasteiger partial charge is 0.460 e. The minimum absolute atomic E-state index is 0.524. The van der Waals surface area contributed by atoms with E-state index in [0.717, 1.165) is 6.92 Å². The topological polar surface area (TPSA) is 38.8 Å². The van der Waals surface area contributed by atoms with Crippen LogP contribution in [-0.4, -0.2) is 35.8 Å². The number of hydrogen-bond acceptors (Lipinski definition) is 4. The van der Waals surface area contributed by atoms with Crippen molar-refractivity contribution in [2.45, 2.75) is 25.1 Å². The van der Waals surface area contributed by atoms with Crippen LogP contribution < -0.4 is 0 Å². The van der Waals surface area contributed by atoms with Crippen molar-refractivity contribution in [3.05, 3.63) is 0 Å². The molecule has 0 aromatic heterocycles. The van der Waals surface area contributed by atoms with Gasteiger partial charge in [-0.15, -0.1) is 0 Å². The lowest BCUT2D eigenvalue weighted by atomic mass is 10.3. The average Bonchev–Trinajstić information content (AvgIpc) is 2.14. The van der Waals surface area contributed by atoms with Crippen molar-refractivity contribution >= 4 is 5.97 Å². The third-order valence-electron chi connectivity index (χ3n) is 1.59. The summed E-state index contributed by atoms with van der Waals surface area (Å²) >= 11 is 0. The lowest BCUT2D eigenvalue weighted by Gasteiger charge is -2.46. The van der Waals surface area contributed by atoms with Gasteiger partial charge in [0.15, 0.2) is 0 Å². The SMILES string of the molecule is CCOC(=O)C(F)(F)N1OC(F)(F)C1(F)F. The predicted octanol–water partition coefficient (Wildman–Crippen LogP) is 1.58. The smallest absolute Gasteiger partial charge is 0.453 e. The molecule has 0 spiro atoms. The van der Waals surface area contributed by atoms with Gasteiger partial charge in [0.05, 0.1) is 6.61 Å². The Balaban J connectivity index is 2.84. The van der Waals surface area contributed by atoms with Gasteiger partial charge in [0.1, 0.15) is 0 Å². The van der Waals surface area contributed by atoms with Crippen molar-refractivity contribution in [1.82, 2.24) is 5.06 Å². The normalized spacial score (nSPS) is 23.7. The Labute approximate surface area is 84.7 Å². The number of carbonyl (C=O) groups excluding carboxylic acids is 1. The van der Waals surface area contributed by atoms with Crippen LogP contribution in [0.25, 0.3) is 0 Å². The van der Waals surface area contributed by atoms with Crippen LogP contribution in [0.4, 0.5) is 26.3 Å². The third-order valence-corrected chi connectivity index (χ3v) is 1.59. The molecule has 0 atom stereocenters. The Morgan fingerprint density at radius 2 is 1.88 bits per heavy atom. The Hall–Kier alpha value is -1.03. The second-order valence-corrected chi connectivity index (χ2v) is 2.71. The van der Waals surface area contributed by atoms with E-state index in [1.165, 1.54) is 0 Å². The average molecular weight is 253 g/mol. The van der Waals surface area contributed by atoms with E-state index in [0.29, 0.717) is 0 Å². The first-order valence-electron chi connectivity index (χ1n) is 3.87. The molecular weight excluding hydrogens is 248 g/mol. The highest BCUT2D eigenvalue weighted by atomic mass is 19.3. The van der Waals surface area contributed by atoms with Crippen LogP contribution in [0.5, 0.6) is 0 Å². The van der Waals surface area contributed by atoms with Crippen LogP contribution in [0.3, 0.4) is 0 Å². The van der Waals surface area contributed by atoms with Crippen LogP contribution in [0.1, 0.15) is 6.92 Å². The molecule has 1 aliphatic rings. The molecule has 1 aliphatic heterocycles. The second kappa shape index (κ2) is 3.48. The van der Waals surface area contributed by atoms with Crippen molar-refractivity contribution < 1.29 is 40.7 Å². The molecule has 0 aromatic carbocycles. The van der Waals surface area contributed by atoms with Crippen molar-refractivity contribution in [1.29, 1.82) is 0 Å². The molecule has 0 aromatic rings. The summed E-state index contributed by atoms with van der Waals surface area (Å²) in [6.45, 7) is 0.613. The number of carbonyl (C=O) groups is 1. The van der Waals surface area contributed by atoms with Gasteiger partial charge in [-0.3, -0.25) is 0 Å². The Bertz CT molecular complexity index is 307. The Morgan fingerprint density at radius 3 is 2.19 bits per heavy atom. The summed E-state index contributed by atoms with van der Waals surface area (Å²) in [5.74, 6) is -2.40. The molecule has 1 rings (SSSR count). The Kier molecular flexibility index (Phi) is 2.84. The minimum atomic E-state index is -5.27. The highest BCUT2D eigenvalue weighted by molar-refractivity contribution is 5.77. The van der Waals surface area contributed by atoms with Crippen molar-refractivity contribution in [2.75, 3.05) is 6.61 Å². The number of nitrogens with zero attached hydrogens (tertiary/aromatic N) is 1. The van der Waals surface area contributed by atoms with E-state index in [-0.39, 0.29) is 0 Å². The van der Waals surface area contributed by atoms with Crippen molar-refractivity contribution in [3.63, 3.8) is 0 Å². The van der Waals surface area contributed by atoms with Crippen LogP contribution in [-0.2, 0) is 14.4 Å². The second-order valence-electron chi connectivity index (χ2n) is 2.71. The molecule has 0 bridgehead atoms. The number of rotatable bonds is 3. The molecule has 94 valence electrons. The van der Waals surface area contributed by atoms with Crippen LogP contribution in [0.15, 0.2) is 0 Å². The number of esters is 1. The first-order chi connectivity index (χ1) is 7.07. The van der Waals surface area contributed by atoms with E-state index in [4.69, 9.17) is 0 Å². The third kappa shape index (κ3) is 1.61. The van der Waals surface area contributed by atoms with Gasteiger partial charge < -0.3 is 4.74 Å². The van der Waals surface area contributed by atoms with Gasteiger partial charge in [-0.25, -0.2) is 9.63 Å². The zero-order valence-electron chi connectivity index (χ0n) is 7.65. The fourth-order valence-electron chi connectivity index (χ4n) is 0.841. The summed E-state index contributed by atoms with van der Waals surface area (Å²) < 4.78 is 78.3. The molecular formula is C6H5F6NO3. The van der Waals surface area contributed by atoms with Crippen LogP contribution in [0, 0.1) is 0 Å². The summed E-state index contributed by atoms with van der Waals surface area (Å²) in [7, 11) is 0. The van der Waals surface area contributed by atoms with Gasteiger partial charge >= 0.3 is 24.2 Å². The highest BCUT2D eigenvalue weighted by Crippen LogP contribution is 2.52. The number of hydrogen-bond donors (Lipinski definition) is 0. The van der Waals surface area contributed by atoms with Gasteiger partial charge in [-0.1, -0.05) is 0 Å². The molecule has 0 aliphatic carbocycles. The maximum Gasteiger partial charge on any atom is 0.453 e. The summed E-state index contributed by atoms with van der Waals surface area (Å²) in [5.41, 5.74) is 0. The number of ether oxygens (including phenoxy) is 1. The molecule has 10 heteroatoms. The molecule has 1 fully saturated rings. The van der Waals surface area contributed by atoms with Crippen molar-refractivity contribution in [3.8, 4) is 0 Å². The summed E-state index contributed by atoms with van der Waals surface area (Å²) in [5, 5.41) is -1.68. The molecule has 0 amide bonds. The van der Waals surface area contributed by atoms with Gasteiger partial charge in [0.2, 0.25) is 0 Å². The standard InChI is InChI=1S/C6H5F6NO3/c1-2-15-3(14)4(7,8)13-5(9,10)6(11,12)16-13/h2H2,1H3. The predicted molar refractivity (Wildman–Crippen MR) is 34.4 cm³/mol. The minimum Gasteiger partial charge on any atom is -0.460 e. The number of hydroxylamine groups is 2. The van der Waals surface area contributed by atoms with Gasteiger partial charge in [-0.05, 0) is 12.0 Å². The Morgan fingerprint density at radius 1 is 1.38 bits per heavy atom. The molecule has 1 heterocycles. The fourth-order valence-corrected chi connectivity index (χ4v) is 0.841. The van der Waals surface area contributed by atoms with Crippen molar-refractivity contribution in [2.24, 2.45) is 0 Å². The van der Waals surface area contributed by atoms with Gasteiger partial charge in [0, 0.05) is 0 Å². The van der Waals surface area contributed by atoms with E-state index in [1.807, 2.05) is 0 Å². The first kappa shape index (κ1) is 13.0. The number of alkyl halides is 6. The van der Waals surface area contributed by atoms with Crippen LogP contribution in [0.2, 0.25) is 0 Å². The van der Waals surface area contributed by atoms with E-state index in [9.17, 15) is 31.1 Å². The molecule has 1 saturated heterocycles. The van der Waals surface area contributed by atoms with Crippen LogP contribution >= 0.6 is 0 Å². The lowest BCUT2D eigenvalue weighted by Crippen LogP contribution is -2.74. The molecule has 0 N–H and O–H groups in total. The molecule has 0 saturated carbocycles. The van der Waals surface area contributed by atoms with E-state index >= 15 is 0 Å². The van der Waals surface area contributed by atoms with Gasteiger partial charge in [-0.2, -0.15) is 26.3 Å². The quantitative estimate of drug-likeness (QED) is 0.435. The highest BCUT2D eigenvalue weighted by Gasteiger charge is 2.82. The van der Waals surface area contributed by atoms with E-state index in [2.05, 4.69) is 9.57 Å².